The summed E-state index contributed by atoms with van der Waals surface area (Å²) in [5, 5.41) is 22.0. The highest BCUT2D eigenvalue weighted by Gasteiger charge is 2.38. The molecule has 6 aromatic rings. The average Bonchev–Trinajstić information content (AvgIpc) is 3.82. The Morgan fingerprint density at radius 2 is 1.71 bits per heavy atom. The number of fused-ring (bicyclic) bond motifs is 4. The first-order valence-electron chi connectivity index (χ1n) is 16.3. The summed E-state index contributed by atoms with van der Waals surface area (Å²) in [4.78, 5) is 53.5. The lowest BCUT2D eigenvalue weighted by atomic mass is 9.97. The van der Waals surface area contributed by atoms with E-state index in [2.05, 4.69) is 35.6 Å². The van der Waals surface area contributed by atoms with E-state index in [4.69, 9.17) is 26.6 Å². The second-order valence-corrected chi connectivity index (χ2v) is 12.7. The number of alkyl halides is 6. The van der Waals surface area contributed by atoms with Crippen molar-refractivity contribution in [1.82, 2.24) is 49.3 Å². The van der Waals surface area contributed by atoms with Crippen LogP contribution in [-0.2, 0) is 15.8 Å². The fourth-order valence-corrected chi connectivity index (χ4v) is 5.81. The Kier molecular flexibility index (Phi) is 11.0. The van der Waals surface area contributed by atoms with Crippen LogP contribution in [0, 0.1) is 5.92 Å². The van der Waals surface area contributed by atoms with Crippen molar-refractivity contribution in [2.24, 2.45) is 5.92 Å². The first-order valence-corrected chi connectivity index (χ1v) is 16.7. The molecule has 290 valence electrons. The number of halogens is 7. The number of aromatic nitrogens is 10. The van der Waals surface area contributed by atoms with E-state index in [1.54, 1.807) is 30.9 Å². The Morgan fingerprint density at radius 3 is 2.38 bits per heavy atom. The third-order valence-electron chi connectivity index (χ3n) is 8.39. The highest BCUT2D eigenvalue weighted by Crippen LogP contribution is 2.34. The minimum absolute atomic E-state index is 0.169. The molecule has 0 saturated heterocycles. The number of anilines is 1. The van der Waals surface area contributed by atoms with Gasteiger partial charge >= 0.3 is 18.3 Å². The van der Waals surface area contributed by atoms with Gasteiger partial charge in [-0.15, -0.1) is 5.10 Å². The van der Waals surface area contributed by atoms with Crippen LogP contribution in [0.5, 0.6) is 0 Å². The van der Waals surface area contributed by atoms with Gasteiger partial charge in [-0.1, -0.05) is 30.2 Å². The molecule has 1 aliphatic heterocycles. The van der Waals surface area contributed by atoms with Crippen molar-refractivity contribution in [1.29, 1.82) is 0 Å². The summed E-state index contributed by atoms with van der Waals surface area (Å²) < 4.78 is 75.4. The maximum absolute atomic E-state index is 13.8. The minimum Gasteiger partial charge on any atom is -0.475 e. The number of amides is 1. The van der Waals surface area contributed by atoms with Gasteiger partial charge in [0.25, 0.3) is 5.56 Å². The molecular weight excluding hydrogens is 776 g/mol. The molecule has 56 heavy (non-hydrogen) atoms. The number of aliphatic carboxylic acids is 1. The summed E-state index contributed by atoms with van der Waals surface area (Å²) in [5.41, 5.74) is 1.20. The zero-order chi connectivity index (χ0) is 40.4. The molecule has 0 aliphatic carbocycles. The summed E-state index contributed by atoms with van der Waals surface area (Å²) in [5.74, 6) is -2.83. The molecule has 6 heterocycles. The molecule has 0 spiro atoms. The zero-order valence-corrected chi connectivity index (χ0v) is 29.3. The van der Waals surface area contributed by atoms with Crippen LogP contribution in [-0.4, -0.2) is 72.4 Å². The predicted molar refractivity (Wildman–Crippen MR) is 185 cm³/mol. The Balaban J connectivity index is 0.000000695. The lowest BCUT2D eigenvalue weighted by Gasteiger charge is -2.22. The van der Waals surface area contributed by atoms with Gasteiger partial charge in [0.2, 0.25) is 5.91 Å². The number of carboxylic acids is 1. The first kappa shape index (κ1) is 39.2. The summed E-state index contributed by atoms with van der Waals surface area (Å²) in [6.07, 6.45) is 1.83. The average molecular weight is 802 g/mol. The molecule has 1 aromatic carbocycles. The van der Waals surface area contributed by atoms with E-state index in [1.165, 1.54) is 46.0 Å². The monoisotopic (exact) mass is 801 g/mol. The topological polar surface area (TPSA) is 188 Å². The van der Waals surface area contributed by atoms with Crippen LogP contribution in [0.3, 0.4) is 0 Å². The van der Waals surface area contributed by atoms with Gasteiger partial charge in [-0.25, -0.2) is 24.1 Å². The fraction of sp³-hybridized carbons (Fsp3) is 0.235. The smallest absolute Gasteiger partial charge is 0.475 e. The van der Waals surface area contributed by atoms with E-state index < -0.39 is 35.6 Å². The van der Waals surface area contributed by atoms with Gasteiger partial charge in [-0.2, -0.15) is 31.4 Å². The molecule has 2 atom stereocenters. The number of rotatable bonds is 4. The minimum atomic E-state index is -5.08. The molecule has 5 aromatic heterocycles. The van der Waals surface area contributed by atoms with Crippen molar-refractivity contribution >= 4 is 29.2 Å². The van der Waals surface area contributed by atoms with Gasteiger partial charge in [-0.05, 0) is 43.2 Å². The highest BCUT2D eigenvalue weighted by atomic mass is 35.5. The molecular formula is C34H26ClF6N11O4. The van der Waals surface area contributed by atoms with Crippen LogP contribution in [0.1, 0.15) is 43.6 Å². The molecule has 22 heteroatoms. The van der Waals surface area contributed by atoms with Crippen molar-refractivity contribution in [3.05, 3.63) is 107 Å². The van der Waals surface area contributed by atoms with E-state index >= 15 is 0 Å². The maximum atomic E-state index is 13.8. The number of hydrogen-bond donors (Lipinski definition) is 2. The molecule has 1 amide bonds. The maximum Gasteiger partial charge on any atom is 0.490 e. The van der Waals surface area contributed by atoms with Gasteiger partial charge in [0.15, 0.2) is 11.5 Å². The van der Waals surface area contributed by atoms with Gasteiger partial charge < -0.3 is 10.4 Å². The summed E-state index contributed by atoms with van der Waals surface area (Å²) in [7, 11) is 0. The lowest BCUT2D eigenvalue weighted by Crippen LogP contribution is -2.27. The zero-order valence-electron chi connectivity index (χ0n) is 28.6. The largest absolute Gasteiger partial charge is 0.490 e. The summed E-state index contributed by atoms with van der Waals surface area (Å²) in [6.45, 7) is 1.83. The van der Waals surface area contributed by atoms with Crippen molar-refractivity contribution in [2.75, 3.05) is 5.32 Å². The van der Waals surface area contributed by atoms with Crippen LogP contribution in [0.25, 0.3) is 34.0 Å². The van der Waals surface area contributed by atoms with E-state index in [0.717, 1.165) is 10.9 Å². The van der Waals surface area contributed by atoms with E-state index in [0.29, 0.717) is 47.7 Å². The quantitative estimate of drug-likeness (QED) is 0.194. The summed E-state index contributed by atoms with van der Waals surface area (Å²) >= 11 is 6.26. The first-order chi connectivity index (χ1) is 26.5. The number of nitrogens with one attached hydrogen (secondary N) is 1. The van der Waals surface area contributed by atoms with Crippen molar-refractivity contribution in [3.63, 3.8) is 0 Å². The van der Waals surface area contributed by atoms with Crippen LogP contribution < -0.4 is 10.9 Å². The number of carboxylic acid groups (broad SMARTS) is 1. The Labute approximate surface area is 315 Å². The van der Waals surface area contributed by atoms with E-state index in [1.807, 2.05) is 13.0 Å². The van der Waals surface area contributed by atoms with Crippen LogP contribution >= 0.6 is 11.6 Å². The number of carbonyl (C=O) groups excluding carboxylic acids is 1. The van der Waals surface area contributed by atoms with Gasteiger partial charge in [0.1, 0.15) is 5.69 Å². The fourth-order valence-electron chi connectivity index (χ4n) is 5.63. The lowest BCUT2D eigenvalue weighted by molar-refractivity contribution is -0.192. The molecule has 2 bridgehead atoms. The van der Waals surface area contributed by atoms with Crippen LogP contribution in [0.4, 0.5) is 32.0 Å². The molecule has 1 aliphatic rings. The number of pyridine rings is 1. The Bertz CT molecular complexity index is 2450. The molecule has 2 N–H and O–H groups in total. The molecule has 0 unspecified atom stereocenters. The summed E-state index contributed by atoms with van der Waals surface area (Å²) in [6, 6.07) is 8.73. The number of benzene rings is 1. The van der Waals surface area contributed by atoms with Gasteiger partial charge in [0, 0.05) is 46.7 Å². The second kappa shape index (κ2) is 15.7. The van der Waals surface area contributed by atoms with E-state index in [-0.39, 0.29) is 33.8 Å². The van der Waals surface area contributed by atoms with Crippen molar-refractivity contribution in [3.8, 4) is 34.0 Å². The Hall–Kier alpha value is -6.51. The van der Waals surface area contributed by atoms with Gasteiger partial charge in [0.05, 0.1) is 53.7 Å². The van der Waals surface area contributed by atoms with Gasteiger partial charge in [-0.3, -0.25) is 24.1 Å². The third-order valence-corrected chi connectivity index (χ3v) is 8.63. The SMILES string of the molecule is C[C@@H]1CCC[C@H](n2cnc(-c3cc(Cl)ccc3-n3cc(C(F)(F)F)nn3)cc2=O)c2cc(ccn2)-c2nn(-c3cnccn3)cc2NC1=O.O=C(O)C(F)(F)F. The standard InChI is InChI=1S/C32H25ClF3N11O2.C2HF3O2/c1-18-3-2-4-26(23-11-19(7-8-38-23)30-24(41-31(18)49)15-47(43-30)28-14-37-9-10-39-28)45-17-40-22(13-29(45)48)21-12-20(33)5-6-25(21)46-16-27(42-44-46)32(34,35)36;3-2(4,5)1(6)7/h5-18,26H,2-4H2,1H3,(H,41,49);(H,6,7)/t18-,26+;/m1./s1. The number of hydrogen-bond acceptors (Lipinski definition) is 10. The predicted octanol–water partition coefficient (Wildman–Crippen LogP) is 6.18. The molecule has 7 rings (SSSR count). The normalized spacial score (nSPS) is 16.0. The van der Waals surface area contributed by atoms with E-state index in [9.17, 15) is 35.9 Å². The number of carbonyl (C=O) groups is 2. The molecule has 0 radical (unpaired) electrons. The van der Waals surface area contributed by atoms with Crippen molar-refractivity contribution in [2.45, 2.75) is 44.6 Å². The Morgan fingerprint density at radius 1 is 0.946 bits per heavy atom. The van der Waals surface area contributed by atoms with Crippen LogP contribution in [0.2, 0.25) is 5.02 Å². The van der Waals surface area contributed by atoms with Crippen LogP contribution in [0.15, 0.2) is 84.7 Å². The molecule has 0 fully saturated rings. The second-order valence-electron chi connectivity index (χ2n) is 12.2. The molecule has 15 nitrogen and oxygen atoms in total. The highest BCUT2D eigenvalue weighted by molar-refractivity contribution is 6.31. The molecule has 0 saturated carbocycles. The van der Waals surface area contributed by atoms with Crippen molar-refractivity contribution < 1.29 is 41.0 Å². The number of nitrogens with zero attached hydrogens (tertiary/aromatic N) is 10. The third kappa shape index (κ3) is 8.72.